The van der Waals surface area contributed by atoms with Crippen molar-refractivity contribution in [2.75, 3.05) is 60.1 Å². The molecule has 3 unspecified atom stereocenters. The average molecular weight is 367 g/mol. The minimum absolute atomic E-state index is 0.0261. The number of amides is 1. The molecule has 3 fully saturated rings. The Morgan fingerprint density at radius 1 is 1.19 bits per heavy atom. The van der Waals surface area contributed by atoms with Crippen molar-refractivity contribution >= 4 is 11.9 Å². The SMILES string of the molecule is CN(C)C(=O)CN=C(NCC1CCCCO1)N1CCC(C2CCOC2)C1. The van der Waals surface area contributed by atoms with E-state index < -0.39 is 0 Å². The van der Waals surface area contributed by atoms with Gasteiger partial charge in [0.1, 0.15) is 6.54 Å². The standard InChI is InChI=1S/C19H34N4O3/c1-22(2)18(24)12-21-19(20-11-17-5-3-4-9-26-17)23-8-6-15(13-23)16-7-10-25-14-16/h15-17H,3-14H2,1-2H3,(H,20,21). The first-order chi connectivity index (χ1) is 12.6. The van der Waals surface area contributed by atoms with Crippen molar-refractivity contribution in [3.63, 3.8) is 0 Å². The van der Waals surface area contributed by atoms with Crippen LogP contribution < -0.4 is 5.32 Å². The Labute approximate surface area is 157 Å². The Balaban J connectivity index is 1.58. The van der Waals surface area contributed by atoms with Gasteiger partial charge in [-0.05, 0) is 43.9 Å². The van der Waals surface area contributed by atoms with Crippen LogP contribution in [0, 0.1) is 11.8 Å². The fraction of sp³-hybridized carbons (Fsp3) is 0.895. The second-order valence-corrected chi connectivity index (χ2v) is 7.92. The molecule has 0 spiro atoms. The minimum atomic E-state index is 0.0261. The number of aliphatic imine (C=N–C) groups is 1. The number of guanidine groups is 1. The molecule has 26 heavy (non-hydrogen) atoms. The molecule has 3 heterocycles. The molecule has 3 rings (SSSR count). The molecular formula is C19H34N4O3. The molecule has 0 aromatic rings. The third-order valence-electron chi connectivity index (χ3n) is 5.78. The second kappa shape index (κ2) is 9.55. The van der Waals surface area contributed by atoms with Crippen molar-refractivity contribution in [3.8, 4) is 0 Å². The van der Waals surface area contributed by atoms with Crippen LogP contribution in [0.2, 0.25) is 0 Å². The number of nitrogens with one attached hydrogen (secondary N) is 1. The number of hydrogen-bond donors (Lipinski definition) is 1. The van der Waals surface area contributed by atoms with Gasteiger partial charge >= 0.3 is 0 Å². The average Bonchev–Trinajstić information content (AvgIpc) is 3.33. The summed E-state index contributed by atoms with van der Waals surface area (Å²) in [6.45, 7) is 5.60. The summed E-state index contributed by atoms with van der Waals surface area (Å²) in [5.74, 6) is 2.22. The number of likely N-dealkylation sites (tertiary alicyclic amines) is 1. The molecule has 3 aliphatic rings. The molecule has 148 valence electrons. The number of rotatable bonds is 5. The van der Waals surface area contributed by atoms with Crippen LogP contribution in [0.5, 0.6) is 0 Å². The Bertz CT molecular complexity index is 485. The lowest BCUT2D eigenvalue weighted by Crippen LogP contribution is -2.45. The summed E-state index contributed by atoms with van der Waals surface area (Å²) in [6, 6.07) is 0. The van der Waals surface area contributed by atoms with Crippen LogP contribution in [0.4, 0.5) is 0 Å². The molecule has 0 aromatic carbocycles. The van der Waals surface area contributed by atoms with Crippen molar-refractivity contribution in [2.24, 2.45) is 16.8 Å². The summed E-state index contributed by atoms with van der Waals surface area (Å²) in [4.78, 5) is 20.5. The van der Waals surface area contributed by atoms with Crippen molar-refractivity contribution in [1.82, 2.24) is 15.1 Å². The molecule has 0 radical (unpaired) electrons. The maximum absolute atomic E-state index is 12.0. The molecule has 3 atom stereocenters. The van der Waals surface area contributed by atoms with Gasteiger partial charge in [0.15, 0.2) is 5.96 Å². The van der Waals surface area contributed by atoms with Gasteiger partial charge in [0.05, 0.1) is 6.10 Å². The van der Waals surface area contributed by atoms with Crippen molar-refractivity contribution in [2.45, 2.75) is 38.2 Å². The van der Waals surface area contributed by atoms with Gasteiger partial charge in [0.25, 0.3) is 0 Å². The van der Waals surface area contributed by atoms with Gasteiger partial charge in [-0.25, -0.2) is 4.99 Å². The van der Waals surface area contributed by atoms with Gasteiger partial charge in [0.2, 0.25) is 5.91 Å². The summed E-state index contributed by atoms with van der Waals surface area (Å²) in [6.07, 6.45) is 6.08. The number of nitrogens with zero attached hydrogens (tertiary/aromatic N) is 3. The smallest absolute Gasteiger partial charge is 0.243 e. The van der Waals surface area contributed by atoms with Crippen LogP contribution in [-0.2, 0) is 14.3 Å². The summed E-state index contributed by atoms with van der Waals surface area (Å²) in [5, 5.41) is 3.49. The molecule has 0 saturated carbocycles. The van der Waals surface area contributed by atoms with Crippen LogP contribution in [0.1, 0.15) is 32.1 Å². The van der Waals surface area contributed by atoms with Gasteiger partial charge in [-0.2, -0.15) is 0 Å². The largest absolute Gasteiger partial charge is 0.381 e. The van der Waals surface area contributed by atoms with Gasteiger partial charge in [-0.3, -0.25) is 4.79 Å². The molecule has 7 nitrogen and oxygen atoms in total. The first kappa shape index (κ1) is 19.4. The van der Waals surface area contributed by atoms with Crippen molar-refractivity contribution in [1.29, 1.82) is 0 Å². The highest BCUT2D eigenvalue weighted by molar-refractivity contribution is 5.85. The van der Waals surface area contributed by atoms with E-state index in [0.29, 0.717) is 11.8 Å². The molecule has 3 saturated heterocycles. The number of ether oxygens (including phenoxy) is 2. The minimum Gasteiger partial charge on any atom is -0.381 e. The van der Waals surface area contributed by atoms with Gasteiger partial charge in [-0.1, -0.05) is 0 Å². The summed E-state index contributed by atoms with van der Waals surface area (Å²) in [7, 11) is 3.54. The monoisotopic (exact) mass is 366 g/mol. The Morgan fingerprint density at radius 2 is 2.08 bits per heavy atom. The predicted molar refractivity (Wildman–Crippen MR) is 101 cm³/mol. The predicted octanol–water partition coefficient (Wildman–Crippen LogP) is 0.948. The fourth-order valence-electron chi connectivity index (χ4n) is 4.01. The zero-order chi connectivity index (χ0) is 18.4. The molecule has 0 bridgehead atoms. The summed E-state index contributed by atoms with van der Waals surface area (Å²) in [5.41, 5.74) is 0. The normalized spacial score (nSPS) is 29.8. The number of hydrogen-bond acceptors (Lipinski definition) is 4. The summed E-state index contributed by atoms with van der Waals surface area (Å²) < 4.78 is 11.4. The van der Waals surface area contributed by atoms with Crippen molar-refractivity contribution in [3.05, 3.63) is 0 Å². The first-order valence-corrected chi connectivity index (χ1v) is 10.1. The Hall–Kier alpha value is -1.34. The second-order valence-electron chi connectivity index (χ2n) is 7.92. The number of likely N-dealkylation sites (N-methyl/N-ethyl adjacent to an activating group) is 1. The van der Waals surface area contributed by atoms with Crippen molar-refractivity contribution < 1.29 is 14.3 Å². The van der Waals surface area contributed by atoms with Gasteiger partial charge in [-0.15, -0.1) is 0 Å². The highest BCUT2D eigenvalue weighted by atomic mass is 16.5. The number of carbonyl (C=O) groups excluding carboxylic acids is 1. The van der Waals surface area contributed by atoms with E-state index >= 15 is 0 Å². The summed E-state index contributed by atoms with van der Waals surface area (Å²) >= 11 is 0. The molecule has 7 heteroatoms. The van der Waals surface area contributed by atoms with E-state index in [1.807, 2.05) is 0 Å². The number of carbonyl (C=O) groups is 1. The molecule has 1 amide bonds. The van der Waals surface area contributed by atoms with Crippen LogP contribution in [-0.4, -0.2) is 87.9 Å². The Morgan fingerprint density at radius 3 is 2.77 bits per heavy atom. The van der Waals surface area contributed by atoms with E-state index in [0.717, 1.165) is 58.3 Å². The third-order valence-corrected chi connectivity index (χ3v) is 5.78. The topological polar surface area (TPSA) is 66.4 Å². The first-order valence-electron chi connectivity index (χ1n) is 10.1. The highest BCUT2D eigenvalue weighted by Crippen LogP contribution is 2.30. The van der Waals surface area contributed by atoms with Gasteiger partial charge < -0.3 is 24.6 Å². The van der Waals surface area contributed by atoms with Crippen LogP contribution in [0.15, 0.2) is 4.99 Å². The molecule has 0 aromatic heterocycles. The molecular weight excluding hydrogens is 332 g/mol. The molecule has 3 aliphatic heterocycles. The van der Waals surface area contributed by atoms with Crippen LogP contribution in [0.3, 0.4) is 0 Å². The quantitative estimate of drug-likeness (QED) is 0.580. The molecule has 1 N–H and O–H groups in total. The van der Waals surface area contributed by atoms with E-state index in [1.165, 1.54) is 19.3 Å². The van der Waals surface area contributed by atoms with Gasteiger partial charge in [0, 0.05) is 53.6 Å². The zero-order valence-electron chi connectivity index (χ0n) is 16.3. The zero-order valence-corrected chi connectivity index (χ0v) is 16.3. The fourth-order valence-corrected chi connectivity index (χ4v) is 4.01. The molecule has 0 aliphatic carbocycles. The Kier molecular flexibility index (Phi) is 7.14. The van der Waals surface area contributed by atoms with E-state index in [-0.39, 0.29) is 18.6 Å². The maximum atomic E-state index is 12.0. The van der Waals surface area contributed by atoms with E-state index in [2.05, 4.69) is 15.2 Å². The highest BCUT2D eigenvalue weighted by Gasteiger charge is 2.33. The van der Waals surface area contributed by atoms with E-state index in [4.69, 9.17) is 9.47 Å². The maximum Gasteiger partial charge on any atom is 0.243 e. The van der Waals surface area contributed by atoms with E-state index in [9.17, 15) is 4.79 Å². The lowest BCUT2D eigenvalue weighted by molar-refractivity contribution is -0.127. The lowest BCUT2D eigenvalue weighted by Gasteiger charge is -2.27. The lowest BCUT2D eigenvalue weighted by atomic mass is 9.91. The van der Waals surface area contributed by atoms with E-state index in [1.54, 1.807) is 19.0 Å². The third kappa shape index (κ3) is 5.33. The van der Waals surface area contributed by atoms with Crippen LogP contribution in [0.25, 0.3) is 0 Å². The van der Waals surface area contributed by atoms with Crippen LogP contribution >= 0.6 is 0 Å².